The quantitative estimate of drug-likeness (QED) is 0.852. The topological polar surface area (TPSA) is 37.4 Å². The van der Waals surface area contributed by atoms with Crippen molar-refractivity contribution in [1.29, 1.82) is 0 Å². The van der Waals surface area contributed by atoms with Crippen LogP contribution < -0.4 is 4.90 Å². The molecule has 0 bridgehead atoms. The Bertz CT molecular complexity index is 575. The normalized spacial score (nSPS) is 20.8. The highest BCUT2D eigenvalue weighted by atomic mass is 32.2. The van der Waals surface area contributed by atoms with Crippen LogP contribution in [0.5, 0.6) is 0 Å². The molecule has 1 aliphatic carbocycles. The van der Waals surface area contributed by atoms with Crippen LogP contribution in [-0.2, 0) is 15.6 Å². The number of Topliss-reactive ketones (excluding diaryl/α,β-unsaturated/α-hetero) is 1. The second-order valence-electron chi connectivity index (χ2n) is 5.12. The Balaban J connectivity index is 2.35. The number of anilines is 1. The number of carbonyl (C=O) groups excluding carboxylic acids is 1. The molecule has 0 aliphatic heterocycles. The molecule has 0 spiro atoms. The molecule has 0 fully saturated rings. The molecule has 2 atom stereocenters. The molecule has 1 aromatic carbocycles. The summed E-state index contributed by atoms with van der Waals surface area (Å²) in [5, 5.41) is -0.416. The molecule has 1 unspecified atom stereocenters. The standard InChI is InChI=1S/C15H19NO2S/c1-10-9-14(15(17)11(10)2)19(18)13-8-6-5-7-12(13)16(3)4/h5-8,14H,9H2,1-4H3/t14-,19?/m0/s1. The number of hydrogen-bond donors (Lipinski definition) is 0. The zero-order chi connectivity index (χ0) is 14.2. The molecule has 1 aliphatic rings. The van der Waals surface area contributed by atoms with Gasteiger partial charge in [0.2, 0.25) is 0 Å². The van der Waals surface area contributed by atoms with Gasteiger partial charge in [0, 0.05) is 14.1 Å². The Hall–Kier alpha value is -1.42. The van der Waals surface area contributed by atoms with E-state index in [1.54, 1.807) is 0 Å². The zero-order valence-electron chi connectivity index (χ0n) is 11.8. The average molecular weight is 277 g/mol. The van der Waals surface area contributed by atoms with Gasteiger partial charge in [0.25, 0.3) is 0 Å². The molecule has 0 amide bonds. The lowest BCUT2D eigenvalue weighted by Crippen LogP contribution is -2.23. The maximum absolute atomic E-state index is 12.7. The van der Waals surface area contributed by atoms with Crippen LogP contribution >= 0.6 is 0 Å². The van der Waals surface area contributed by atoms with E-state index in [9.17, 15) is 9.00 Å². The zero-order valence-corrected chi connectivity index (χ0v) is 12.6. The Morgan fingerprint density at radius 1 is 1.21 bits per heavy atom. The maximum atomic E-state index is 12.7. The lowest BCUT2D eigenvalue weighted by Gasteiger charge is -2.18. The number of carbonyl (C=O) groups is 1. The Morgan fingerprint density at radius 3 is 2.37 bits per heavy atom. The van der Waals surface area contributed by atoms with Crippen molar-refractivity contribution >= 4 is 22.3 Å². The molecule has 1 aromatic rings. The Morgan fingerprint density at radius 2 is 1.84 bits per heavy atom. The Labute approximate surface area is 116 Å². The minimum Gasteiger partial charge on any atom is -0.377 e. The monoisotopic (exact) mass is 277 g/mol. The van der Waals surface area contributed by atoms with Gasteiger partial charge in [-0.2, -0.15) is 0 Å². The van der Waals surface area contributed by atoms with Gasteiger partial charge < -0.3 is 4.90 Å². The second kappa shape index (κ2) is 5.29. The largest absolute Gasteiger partial charge is 0.377 e. The van der Waals surface area contributed by atoms with Crippen LogP contribution in [0.2, 0.25) is 0 Å². The molecule has 0 aromatic heterocycles. The summed E-state index contributed by atoms with van der Waals surface area (Å²) in [6.07, 6.45) is 0.610. The molecule has 4 heteroatoms. The number of benzene rings is 1. The van der Waals surface area contributed by atoms with Gasteiger partial charge in [-0.05, 0) is 38.0 Å². The van der Waals surface area contributed by atoms with Crippen molar-refractivity contribution in [3.63, 3.8) is 0 Å². The predicted molar refractivity (Wildman–Crippen MR) is 79.0 cm³/mol. The van der Waals surface area contributed by atoms with Crippen molar-refractivity contribution in [2.75, 3.05) is 19.0 Å². The van der Waals surface area contributed by atoms with Gasteiger partial charge in [-0.15, -0.1) is 0 Å². The summed E-state index contributed by atoms with van der Waals surface area (Å²) in [4.78, 5) is 14.8. The van der Waals surface area contributed by atoms with Crippen LogP contribution in [0.4, 0.5) is 5.69 Å². The fraction of sp³-hybridized carbons (Fsp3) is 0.400. The SMILES string of the molecule is CC1=C(C)C(=O)[C@@H](S(=O)c2ccccc2N(C)C)C1. The fourth-order valence-electron chi connectivity index (χ4n) is 2.30. The van der Waals surface area contributed by atoms with Crippen LogP contribution in [0.3, 0.4) is 0 Å². The van der Waals surface area contributed by atoms with Crippen LogP contribution in [-0.4, -0.2) is 29.3 Å². The highest BCUT2D eigenvalue weighted by molar-refractivity contribution is 7.86. The molecule has 102 valence electrons. The number of rotatable bonds is 3. The van der Waals surface area contributed by atoms with Gasteiger partial charge in [-0.1, -0.05) is 17.7 Å². The molecule has 0 heterocycles. The van der Waals surface area contributed by atoms with E-state index in [1.165, 1.54) is 0 Å². The van der Waals surface area contributed by atoms with Gasteiger partial charge in [0.15, 0.2) is 5.78 Å². The van der Waals surface area contributed by atoms with E-state index >= 15 is 0 Å². The number of para-hydroxylation sites is 1. The van der Waals surface area contributed by atoms with E-state index in [0.29, 0.717) is 6.42 Å². The van der Waals surface area contributed by atoms with Crippen molar-refractivity contribution < 1.29 is 9.00 Å². The van der Waals surface area contributed by atoms with Gasteiger partial charge in [-0.3, -0.25) is 9.00 Å². The summed E-state index contributed by atoms with van der Waals surface area (Å²) < 4.78 is 12.7. The number of nitrogens with zero attached hydrogens (tertiary/aromatic N) is 1. The molecule has 0 N–H and O–H groups in total. The summed E-state index contributed by atoms with van der Waals surface area (Å²) >= 11 is 0. The van der Waals surface area contributed by atoms with Gasteiger partial charge in [0.1, 0.15) is 5.25 Å². The second-order valence-corrected chi connectivity index (χ2v) is 6.73. The lowest BCUT2D eigenvalue weighted by molar-refractivity contribution is -0.114. The van der Waals surface area contributed by atoms with Crippen molar-refractivity contribution in [3.8, 4) is 0 Å². The molecular formula is C15H19NO2S. The lowest BCUT2D eigenvalue weighted by atomic mass is 10.2. The third-order valence-corrected chi connectivity index (χ3v) is 5.29. The first-order valence-electron chi connectivity index (χ1n) is 6.31. The van der Waals surface area contributed by atoms with Crippen LogP contribution in [0.1, 0.15) is 20.3 Å². The first kappa shape index (κ1) is 14.0. The molecule has 2 rings (SSSR count). The first-order valence-corrected chi connectivity index (χ1v) is 7.52. The molecule has 0 saturated carbocycles. The molecule has 0 saturated heterocycles. The summed E-state index contributed by atoms with van der Waals surface area (Å²) in [7, 11) is 2.54. The van der Waals surface area contributed by atoms with E-state index in [4.69, 9.17) is 0 Å². The number of allylic oxidation sites excluding steroid dienone is 2. The van der Waals surface area contributed by atoms with Crippen LogP contribution in [0.15, 0.2) is 40.3 Å². The summed E-state index contributed by atoms with van der Waals surface area (Å²) in [6.45, 7) is 3.77. The predicted octanol–water partition coefficient (Wildman–Crippen LogP) is 2.54. The Kier molecular flexibility index (Phi) is 3.90. The smallest absolute Gasteiger partial charge is 0.174 e. The number of hydrogen-bond acceptors (Lipinski definition) is 3. The highest BCUT2D eigenvalue weighted by Gasteiger charge is 2.34. The van der Waals surface area contributed by atoms with E-state index in [-0.39, 0.29) is 5.78 Å². The summed E-state index contributed by atoms with van der Waals surface area (Å²) in [5.74, 6) is 0.0318. The average Bonchev–Trinajstić information content (AvgIpc) is 2.65. The van der Waals surface area contributed by atoms with Crippen LogP contribution in [0, 0.1) is 0 Å². The third kappa shape index (κ3) is 2.50. The molecular weight excluding hydrogens is 258 g/mol. The maximum Gasteiger partial charge on any atom is 0.174 e. The van der Waals surface area contributed by atoms with Crippen molar-refractivity contribution in [2.45, 2.75) is 30.4 Å². The minimum absolute atomic E-state index is 0.0318. The van der Waals surface area contributed by atoms with Crippen molar-refractivity contribution in [3.05, 3.63) is 35.4 Å². The molecule has 3 nitrogen and oxygen atoms in total. The van der Waals surface area contributed by atoms with E-state index < -0.39 is 16.0 Å². The molecule has 19 heavy (non-hydrogen) atoms. The van der Waals surface area contributed by atoms with E-state index in [0.717, 1.165) is 21.7 Å². The molecule has 0 radical (unpaired) electrons. The van der Waals surface area contributed by atoms with E-state index in [2.05, 4.69) is 0 Å². The van der Waals surface area contributed by atoms with Gasteiger partial charge >= 0.3 is 0 Å². The highest BCUT2D eigenvalue weighted by Crippen LogP contribution is 2.32. The number of ketones is 1. The fourth-order valence-corrected chi connectivity index (χ4v) is 4.05. The van der Waals surface area contributed by atoms with Crippen molar-refractivity contribution in [2.24, 2.45) is 0 Å². The van der Waals surface area contributed by atoms with E-state index in [1.807, 2.05) is 57.1 Å². The minimum atomic E-state index is -1.30. The van der Waals surface area contributed by atoms with Crippen molar-refractivity contribution in [1.82, 2.24) is 0 Å². The van der Waals surface area contributed by atoms with Gasteiger partial charge in [-0.25, -0.2) is 0 Å². The first-order chi connectivity index (χ1) is 8.93. The van der Waals surface area contributed by atoms with Gasteiger partial charge in [0.05, 0.1) is 21.4 Å². The summed E-state index contributed by atoms with van der Waals surface area (Å²) in [5.41, 5.74) is 2.75. The summed E-state index contributed by atoms with van der Waals surface area (Å²) in [6, 6.07) is 7.57. The third-order valence-electron chi connectivity index (χ3n) is 3.62. The van der Waals surface area contributed by atoms with Crippen LogP contribution in [0.25, 0.3) is 0 Å².